The minimum absolute atomic E-state index is 0.615. The fourth-order valence-electron chi connectivity index (χ4n) is 2.52. The average molecular weight is 352 g/mol. The van der Waals surface area contributed by atoms with Crippen LogP contribution in [0, 0.1) is 5.92 Å². The zero-order valence-corrected chi connectivity index (χ0v) is 16.2. The van der Waals surface area contributed by atoms with Gasteiger partial charge in [-0.1, -0.05) is 63.4 Å². The van der Waals surface area contributed by atoms with Gasteiger partial charge in [0.25, 0.3) is 0 Å². The van der Waals surface area contributed by atoms with E-state index in [0.717, 1.165) is 18.1 Å². The van der Waals surface area contributed by atoms with Crippen LogP contribution in [0.2, 0.25) is 0 Å². The molecular weight excluding hydrogens is 318 g/mol. The topological polar surface area (TPSA) is 53.5 Å². The van der Waals surface area contributed by atoms with Gasteiger partial charge in [-0.3, -0.25) is 9.20 Å². The highest BCUT2D eigenvalue weighted by Gasteiger charge is 2.07. The molecule has 24 heavy (non-hydrogen) atoms. The predicted molar refractivity (Wildman–Crippen MR) is 106 cm³/mol. The van der Waals surface area contributed by atoms with Crippen molar-refractivity contribution in [3.05, 3.63) is 35.9 Å². The second-order valence-corrected chi connectivity index (χ2v) is 7.65. The lowest BCUT2D eigenvalue weighted by Gasteiger charge is -2.18. The normalized spacial score (nSPS) is 14.2. The zero-order chi connectivity index (χ0) is 17.6. The SMILES string of the molecule is CCCCC(CC)CNC(=NC)NCCS(=O)Cc1ccccc1. The monoisotopic (exact) mass is 351 g/mol. The Balaban J connectivity index is 2.25. The smallest absolute Gasteiger partial charge is 0.191 e. The van der Waals surface area contributed by atoms with Gasteiger partial charge in [-0.05, 0) is 17.9 Å². The van der Waals surface area contributed by atoms with Crippen LogP contribution < -0.4 is 10.6 Å². The molecule has 0 heterocycles. The third-order valence-corrected chi connectivity index (χ3v) is 5.43. The summed E-state index contributed by atoms with van der Waals surface area (Å²) >= 11 is 0. The number of aliphatic imine (C=N–C) groups is 1. The van der Waals surface area contributed by atoms with E-state index < -0.39 is 10.8 Å². The first-order valence-corrected chi connectivity index (χ1v) is 10.5. The summed E-state index contributed by atoms with van der Waals surface area (Å²) in [5.41, 5.74) is 1.13. The second-order valence-electron chi connectivity index (χ2n) is 6.07. The van der Waals surface area contributed by atoms with Crippen LogP contribution in [0.25, 0.3) is 0 Å². The molecule has 1 aromatic carbocycles. The Labute approximate surface area is 150 Å². The van der Waals surface area contributed by atoms with Gasteiger partial charge in [-0.2, -0.15) is 0 Å². The van der Waals surface area contributed by atoms with Gasteiger partial charge < -0.3 is 10.6 Å². The van der Waals surface area contributed by atoms with Crippen LogP contribution in [0.4, 0.5) is 0 Å². The molecule has 4 nitrogen and oxygen atoms in total. The maximum Gasteiger partial charge on any atom is 0.191 e. The quantitative estimate of drug-likeness (QED) is 0.475. The van der Waals surface area contributed by atoms with Crippen molar-refractivity contribution in [1.82, 2.24) is 10.6 Å². The number of nitrogens with zero attached hydrogens (tertiary/aromatic N) is 1. The molecule has 0 radical (unpaired) electrons. The van der Waals surface area contributed by atoms with Crippen molar-refractivity contribution in [2.75, 3.05) is 25.9 Å². The lowest BCUT2D eigenvalue weighted by atomic mass is 9.99. The van der Waals surface area contributed by atoms with Gasteiger partial charge in [0.15, 0.2) is 5.96 Å². The summed E-state index contributed by atoms with van der Waals surface area (Å²) in [5.74, 6) is 2.74. The Morgan fingerprint density at radius 2 is 1.96 bits per heavy atom. The van der Waals surface area contributed by atoms with E-state index in [1.807, 2.05) is 30.3 Å². The van der Waals surface area contributed by atoms with Crippen LogP contribution in [0.15, 0.2) is 35.3 Å². The highest BCUT2D eigenvalue weighted by Crippen LogP contribution is 2.11. The molecule has 0 aliphatic heterocycles. The van der Waals surface area contributed by atoms with Crippen molar-refractivity contribution in [2.45, 2.75) is 45.3 Å². The van der Waals surface area contributed by atoms with E-state index in [1.54, 1.807) is 7.05 Å². The summed E-state index contributed by atoms with van der Waals surface area (Å²) in [7, 11) is 0.928. The van der Waals surface area contributed by atoms with E-state index in [9.17, 15) is 4.21 Å². The molecule has 0 aliphatic rings. The molecule has 2 N–H and O–H groups in total. The van der Waals surface area contributed by atoms with Gasteiger partial charge >= 0.3 is 0 Å². The summed E-state index contributed by atoms with van der Waals surface area (Å²) in [5, 5.41) is 6.66. The van der Waals surface area contributed by atoms with Gasteiger partial charge in [0.1, 0.15) is 0 Å². The second kappa shape index (κ2) is 13.0. The Kier molecular flexibility index (Phi) is 11.2. The zero-order valence-electron chi connectivity index (χ0n) is 15.4. The van der Waals surface area contributed by atoms with Crippen molar-refractivity contribution >= 4 is 16.8 Å². The number of hydrogen-bond donors (Lipinski definition) is 2. The lowest BCUT2D eigenvalue weighted by Crippen LogP contribution is -2.41. The van der Waals surface area contributed by atoms with Gasteiger partial charge in [0.2, 0.25) is 0 Å². The molecule has 0 amide bonds. The Morgan fingerprint density at radius 1 is 1.21 bits per heavy atom. The number of nitrogens with one attached hydrogen (secondary N) is 2. The molecule has 2 atom stereocenters. The fraction of sp³-hybridized carbons (Fsp3) is 0.632. The Morgan fingerprint density at radius 3 is 2.58 bits per heavy atom. The van der Waals surface area contributed by atoms with Crippen LogP contribution in [0.5, 0.6) is 0 Å². The van der Waals surface area contributed by atoms with Crippen LogP contribution in [0.1, 0.15) is 45.1 Å². The van der Waals surface area contributed by atoms with E-state index >= 15 is 0 Å². The van der Waals surface area contributed by atoms with Crippen LogP contribution in [-0.2, 0) is 16.6 Å². The highest BCUT2D eigenvalue weighted by atomic mass is 32.2. The predicted octanol–water partition coefficient (Wildman–Crippen LogP) is 3.32. The minimum Gasteiger partial charge on any atom is -0.356 e. The van der Waals surface area contributed by atoms with Gasteiger partial charge in [0, 0.05) is 42.4 Å². The number of unbranched alkanes of at least 4 members (excludes halogenated alkanes) is 1. The maximum absolute atomic E-state index is 12.1. The van der Waals surface area contributed by atoms with E-state index in [1.165, 1.54) is 25.7 Å². The molecule has 0 spiro atoms. The maximum atomic E-state index is 12.1. The molecule has 0 aliphatic carbocycles. The van der Waals surface area contributed by atoms with E-state index in [0.29, 0.717) is 24.0 Å². The average Bonchev–Trinajstić information content (AvgIpc) is 2.61. The van der Waals surface area contributed by atoms with Crippen LogP contribution in [0.3, 0.4) is 0 Å². The minimum atomic E-state index is -0.853. The van der Waals surface area contributed by atoms with Crippen molar-refractivity contribution in [2.24, 2.45) is 10.9 Å². The molecule has 2 unspecified atom stereocenters. The summed E-state index contributed by atoms with van der Waals surface area (Å²) in [6.45, 7) is 6.09. The van der Waals surface area contributed by atoms with Crippen molar-refractivity contribution in [3.63, 3.8) is 0 Å². The third-order valence-electron chi connectivity index (χ3n) is 4.12. The first kappa shape index (κ1) is 20.7. The van der Waals surface area contributed by atoms with Crippen molar-refractivity contribution < 1.29 is 4.21 Å². The molecule has 0 fully saturated rings. The highest BCUT2D eigenvalue weighted by molar-refractivity contribution is 7.84. The van der Waals surface area contributed by atoms with Crippen LogP contribution in [-0.4, -0.2) is 36.1 Å². The molecular formula is C19H33N3OS. The number of guanidine groups is 1. The van der Waals surface area contributed by atoms with Crippen molar-refractivity contribution in [1.29, 1.82) is 0 Å². The summed E-state index contributed by atoms with van der Waals surface area (Å²) in [6, 6.07) is 9.99. The first-order valence-electron chi connectivity index (χ1n) is 9.03. The third kappa shape index (κ3) is 9.06. The number of hydrogen-bond acceptors (Lipinski definition) is 2. The number of rotatable bonds is 11. The molecule has 1 aromatic rings. The molecule has 136 valence electrons. The summed E-state index contributed by atoms with van der Waals surface area (Å²) in [6.07, 6.45) is 4.98. The molecule has 0 saturated carbocycles. The molecule has 5 heteroatoms. The Bertz CT molecular complexity index is 491. The van der Waals surface area contributed by atoms with Gasteiger partial charge in [-0.15, -0.1) is 0 Å². The largest absolute Gasteiger partial charge is 0.356 e. The van der Waals surface area contributed by atoms with E-state index in [-0.39, 0.29) is 0 Å². The molecule has 1 rings (SSSR count). The molecule has 0 bridgehead atoms. The van der Waals surface area contributed by atoms with E-state index in [2.05, 4.69) is 29.5 Å². The molecule has 0 saturated heterocycles. The molecule has 0 aromatic heterocycles. The standard InChI is InChI=1S/C19H33N3OS/c1-4-6-10-17(5-2)15-22-19(20-3)21-13-14-24(23)16-18-11-8-7-9-12-18/h7-9,11-12,17H,4-6,10,13-16H2,1-3H3,(H2,20,21,22). The lowest BCUT2D eigenvalue weighted by molar-refractivity contribution is 0.444. The Hall–Kier alpha value is -1.36. The fourth-order valence-corrected chi connectivity index (χ4v) is 3.56. The number of benzene rings is 1. The van der Waals surface area contributed by atoms with Gasteiger partial charge in [-0.25, -0.2) is 0 Å². The first-order chi connectivity index (χ1) is 11.7. The van der Waals surface area contributed by atoms with Gasteiger partial charge in [0.05, 0.1) is 0 Å². The van der Waals surface area contributed by atoms with Crippen LogP contribution >= 0.6 is 0 Å². The summed E-state index contributed by atoms with van der Waals surface area (Å²) < 4.78 is 12.1. The summed E-state index contributed by atoms with van der Waals surface area (Å²) in [4.78, 5) is 4.25. The van der Waals surface area contributed by atoms with Crippen molar-refractivity contribution in [3.8, 4) is 0 Å². The van der Waals surface area contributed by atoms with E-state index in [4.69, 9.17) is 0 Å².